The topological polar surface area (TPSA) is 246 Å². The van der Waals surface area contributed by atoms with Gasteiger partial charge in [-0.25, -0.2) is 0 Å². The van der Waals surface area contributed by atoms with Crippen molar-refractivity contribution in [2.45, 2.75) is 94.1 Å². The predicted octanol–water partition coefficient (Wildman–Crippen LogP) is -1.23. The van der Waals surface area contributed by atoms with Crippen molar-refractivity contribution < 1.29 is 34.2 Å². The molecule has 1 heterocycles. The Morgan fingerprint density at radius 2 is 1.56 bits per heavy atom. The van der Waals surface area contributed by atoms with Crippen molar-refractivity contribution in [1.29, 1.82) is 0 Å². The van der Waals surface area contributed by atoms with Gasteiger partial charge in [-0.05, 0) is 108 Å². The zero-order valence-corrected chi connectivity index (χ0v) is 35.3. The van der Waals surface area contributed by atoms with Crippen LogP contribution < -0.4 is 53.2 Å². The van der Waals surface area contributed by atoms with E-state index in [1.54, 1.807) is 33.3 Å². The SMILES string of the molecule is CNCCC[C@@H](CNC(=O)[C@H](CCCCNC(=O)CCNC(=O)[C@@H]1Cc2cccc(c2)-c2ccc(O)c(c2)C[C@H](NC)C(=O)N[C@@H](C[C@@H](O)CNC)C(=O)N1)NC)NC. The van der Waals surface area contributed by atoms with Crippen molar-refractivity contribution in [2.75, 3.05) is 68.0 Å². The minimum Gasteiger partial charge on any atom is -0.508 e. The van der Waals surface area contributed by atoms with Gasteiger partial charge in [0.05, 0.1) is 18.2 Å². The van der Waals surface area contributed by atoms with Gasteiger partial charge in [-0.3, -0.25) is 24.0 Å². The summed E-state index contributed by atoms with van der Waals surface area (Å²) < 4.78 is 0. The van der Waals surface area contributed by atoms with E-state index in [2.05, 4.69) is 53.2 Å². The summed E-state index contributed by atoms with van der Waals surface area (Å²) in [5.74, 6) is -1.98. The number of unbranched alkanes of at least 4 members (excludes halogenated alkanes) is 1. The van der Waals surface area contributed by atoms with Gasteiger partial charge >= 0.3 is 0 Å². The summed E-state index contributed by atoms with van der Waals surface area (Å²) in [6.45, 7) is 2.06. The van der Waals surface area contributed by atoms with E-state index < -0.39 is 42.0 Å². The van der Waals surface area contributed by atoms with E-state index >= 15 is 0 Å². The molecule has 1 aliphatic rings. The van der Waals surface area contributed by atoms with E-state index in [0.29, 0.717) is 37.9 Å². The monoisotopic (exact) mass is 825 g/mol. The van der Waals surface area contributed by atoms with Gasteiger partial charge in [-0.2, -0.15) is 0 Å². The quantitative estimate of drug-likeness (QED) is 0.0590. The first-order chi connectivity index (χ1) is 28.4. The summed E-state index contributed by atoms with van der Waals surface area (Å²) in [5, 5.41) is 50.8. The summed E-state index contributed by atoms with van der Waals surface area (Å²) in [6.07, 6.45) is 3.06. The van der Waals surface area contributed by atoms with Gasteiger partial charge in [0.2, 0.25) is 29.5 Å². The molecule has 0 spiro atoms. The highest BCUT2D eigenvalue weighted by Crippen LogP contribution is 2.28. The highest BCUT2D eigenvalue weighted by molar-refractivity contribution is 5.93. The molecule has 2 aromatic rings. The third kappa shape index (κ3) is 16.9. The van der Waals surface area contributed by atoms with Gasteiger partial charge in [0.1, 0.15) is 17.8 Å². The molecule has 0 fully saturated rings. The molecule has 0 radical (unpaired) electrons. The maximum Gasteiger partial charge on any atom is 0.243 e. The molecular weight excluding hydrogens is 757 g/mol. The van der Waals surface area contributed by atoms with Crippen molar-refractivity contribution in [2.24, 2.45) is 0 Å². The van der Waals surface area contributed by atoms with E-state index in [-0.39, 0.29) is 68.4 Å². The van der Waals surface area contributed by atoms with E-state index in [1.807, 2.05) is 44.4 Å². The number of hydrogen-bond donors (Lipinski definition) is 12. The van der Waals surface area contributed by atoms with Crippen molar-refractivity contribution in [3.05, 3.63) is 53.6 Å². The van der Waals surface area contributed by atoms with E-state index in [0.717, 1.165) is 36.1 Å². The molecule has 59 heavy (non-hydrogen) atoms. The minimum atomic E-state index is -1.19. The lowest BCUT2D eigenvalue weighted by Crippen LogP contribution is -2.57. The molecule has 0 unspecified atom stereocenters. The average molecular weight is 825 g/mol. The summed E-state index contributed by atoms with van der Waals surface area (Å²) in [4.78, 5) is 66.6. The van der Waals surface area contributed by atoms with E-state index in [1.165, 1.54) is 0 Å². The number of nitrogens with one attached hydrogen (secondary N) is 10. The maximum atomic E-state index is 13.9. The molecule has 0 aliphatic carbocycles. The molecular formula is C42H68N10O7. The summed E-state index contributed by atoms with van der Waals surface area (Å²) in [7, 11) is 8.83. The summed E-state index contributed by atoms with van der Waals surface area (Å²) in [6, 6.07) is 9.39. The number of carbonyl (C=O) groups excluding carboxylic acids is 5. The Hall–Kier alpha value is -4.65. The Balaban J connectivity index is 1.62. The number of aliphatic hydroxyl groups is 1. The van der Waals surface area contributed by atoms with Crippen LogP contribution in [0.5, 0.6) is 5.75 Å². The first-order valence-corrected chi connectivity index (χ1v) is 20.8. The molecule has 2 aromatic carbocycles. The van der Waals surface area contributed by atoms with Crippen molar-refractivity contribution >= 4 is 29.5 Å². The van der Waals surface area contributed by atoms with Gasteiger partial charge in [-0.15, -0.1) is 0 Å². The van der Waals surface area contributed by atoms with Crippen LogP contribution in [-0.4, -0.2) is 144 Å². The second kappa shape index (κ2) is 26.4. The Morgan fingerprint density at radius 3 is 2.27 bits per heavy atom. The molecule has 0 saturated heterocycles. The minimum absolute atomic E-state index is 0.00781. The molecule has 1 aliphatic heterocycles. The van der Waals surface area contributed by atoms with Gasteiger partial charge in [0, 0.05) is 57.9 Å². The number of fused-ring (bicyclic) bond motifs is 5. The number of hydrogen-bond acceptors (Lipinski definition) is 12. The number of phenolic OH excluding ortho intramolecular Hbond substituents is 1. The molecule has 3 rings (SSSR count). The Labute approximate surface area is 348 Å². The first kappa shape index (κ1) is 48.7. The number of carbonyl (C=O) groups is 5. The molecule has 5 amide bonds. The standard InChI is InChI=1S/C42H68N10O7/c1-43-17-9-12-31(45-3)25-50-39(56)33(46-4)13-6-7-18-48-38(55)16-19-49-40(57)35-21-27-10-8-11-28(20-27)29-14-15-37(54)30(22-29)23-34(47-5)41(58)52-36(42(59)51-35)24-32(53)26-44-2/h8,10-11,14-15,20,22,31-36,43-47,53-54H,6-7,9,12-13,16-19,21,23-26H2,1-5H3,(H,48,55)(H,49,57)(H,50,56)(H,51,59)(H,52,58)/t31-,32+,33-,34-,35-,36-/m0/s1. The Bertz CT molecular complexity index is 1650. The lowest BCUT2D eigenvalue weighted by molar-refractivity contribution is -0.133. The molecule has 328 valence electrons. The van der Waals surface area contributed by atoms with E-state index in [4.69, 9.17) is 0 Å². The largest absolute Gasteiger partial charge is 0.508 e. The van der Waals surface area contributed by atoms with Crippen LogP contribution in [0.1, 0.15) is 56.1 Å². The molecule has 0 saturated carbocycles. The third-order valence-corrected chi connectivity index (χ3v) is 10.6. The molecule has 17 nitrogen and oxygen atoms in total. The summed E-state index contributed by atoms with van der Waals surface area (Å²) in [5.41, 5.74) is 2.89. The lowest BCUT2D eigenvalue weighted by atomic mass is 9.96. The van der Waals surface area contributed by atoms with Crippen LogP contribution in [0.25, 0.3) is 11.1 Å². The van der Waals surface area contributed by atoms with Crippen LogP contribution >= 0.6 is 0 Å². The Morgan fingerprint density at radius 1 is 0.780 bits per heavy atom. The zero-order chi connectivity index (χ0) is 43.2. The number of amides is 5. The second-order valence-corrected chi connectivity index (χ2v) is 15.1. The number of phenols is 1. The highest BCUT2D eigenvalue weighted by Gasteiger charge is 2.31. The molecule has 12 N–H and O–H groups in total. The fraction of sp³-hybridized carbons (Fsp3) is 0.595. The maximum absolute atomic E-state index is 13.9. The highest BCUT2D eigenvalue weighted by atomic mass is 16.3. The lowest BCUT2D eigenvalue weighted by Gasteiger charge is -2.26. The molecule has 17 heteroatoms. The van der Waals surface area contributed by atoms with Gasteiger partial charge in [0.15, 0.2) is 0 Å². The molecule has 4 bridgehead atoms. The molecule has 6 atom stereocenters. The third-order valence-electron chi connectivity index (χ3n) is 10.6. The average Bonchev–Trinajstić information content (AvgIpc) is 3.22. The fourth-order valence-electron chi connectivity index (χ4n) is 7.00. The van der Waals surface area contributed by atoms with Crippen LogP contribution in [0.15, 0.2) is 42.5 Å². The fourth-order valence-corrected chi connectivity index (χ4v) is 7.00. The van der Waals surface area contributed by atoms with Crippen molar-refractivity contribution in [3.63, 3.8) is 0 Å². The van der Waals surface area contributed by atoms with Crippen molar-refractivity contribution in [1.82, 2.24) is 53.2 Å². The number of aromatic hydroxyl groups is 1. The van der Waals surface area contributed by atoms with Crippen LogP contribution in [0.4, 0.5) is 0 Å². The number of aliphatic hydroxyl groups excluding tert-OH is 1. The number of likely N-dealkylation sites (N-methyl/N-ethyl adjacent to an activating group) is 4. The Kier molecular flexibility index (Phi) is 21.8. The van der Waals surface area contributed by atoms with Gasteiger partial charge < -0.3 is 63.4 Å². The van der Waals surface area contributed by atoms with Crippen LogP contribution in [0.3, 0.4) is 0 Å². The van der Waals surface area contributed by atoms with E-state index in [9.17, 15) is 34.2 Å². The van der Waals surface area contributed by atoms with Crippen LogP contribution in [0, 0.1) is 0 Å². The molecule has 0 aromatic heterocycles. The summed E-state index contributed by atoms with van der Waals surface area (Å²) >= 11 is 0. The smallest absolute Gasteiger partial charge is 0.243 e. The zero-order valence-electron chi connectivity index (χ0n) is 35.3. The van der Waals surface area contributed by atoms with Crippen molar-refractivity contribution in [3.8, 4) is 16.9 Å². The van der Waals surface area contributed by atoms with Crippen LogP contribution in [0.2, 0.25) is 0 Å². The normalized spacial score (nSPS) is 18.6. The van der Waals surface area contributed by atoms with Gasteiger partial charge in [-0.1, -0.05) is 30.3 Å². The first-order valence-electron chi connectivity index (χ1n) is 20.8. The van der Waals surface area contributed by atoms with Crippen LogP contribution in [-0.2, 0) is 36.8 Å². The van der Waals surface area contributed by atoms with Gasteiger partial charge in [0.25, 0.3) is 0 Å². The number of rotatable bonds is 23. The second-order valence-electron chi connectivity index (χ2n) is 15.1. The predicted molar refractivity (Wildman–Crippen MR) is 229 cm³/mol. The number of benzene rings is 2.